The summed E-state index contributed by atoms with van der Waals surface area (Å²) in [5.74, 6) is 0.797. The highest BCUT2D eigenvalue weighted by Crippen LogP contribution is 2.45. The molecule has 0 atom stereocenters. The van der Waals surface area contributed by atoms with Crippen molar-refractivity contribution >= 4 is 11.6 Å². The van der Waals surface area contributed by atoms with E-state index < -0.39 is 0 Å². The van der Waals surface area contributed by atoms with Crippen LogP contribution in [-0.2, 0) is 0 Å². The Balaban J connectivity index is 1.75. The van der Waals surface area contributed by atoms with Crippen LogP contribution >= 0.6 is 0 Å². The summed E-state index contributed by atoms with van der Waals surface area (Å²) in [6.45, 7) is 4.14. The third-order valence-corrected chi connectivity index (χ3v) is 5.01. The van der Waals surface area contributed by atoms with Crippen LogP contribution in [0.1, 0.15) is 45.9 Å². The van der Waals surface area contributed by atoms with E-state index in [4.69, 9.17) is 4.74 Å². The number of H-pyrrole nitrogens is 1. The Bertz CT molecular complexity index is 1000. The third-order valence-electron chi connectivity index (χ3n) is 5.01. The number of anilines is 1. The monoisotopic (exact) mass is 361 g/mol. The summed E-state index contributed by atoms with van der Waals surface area (Å²) in [6.07, 6.45) is 2.23. The van der Waals surface area contributed by atoms with E-state index in [9.17, 15) is 4.79 Å². The summed E-state index contributed by atoms with van der Waals surface area (Å²) in [6, 6.07) is 13.5. The molecule has 1 heterocycles. The lowest BCUT2D eigenvalue weighted by Crippen LogP contribution is -2.14. The Kier molecular flexibility index (Phi) is 4.44. The van der Waals surface area contributed by atoms with Gasteiger partial charge in [0.05, 0.1) is 24.1 Å². The number of para-hydroxylation sites is 1. The quantitative estimate of drug-likeness (QED) is 0.684. The zero-order chi connectivity index (χ0) is 19.0. The third kappa shape index (κ3) is 3.33. The summed E-state index contributed by atoms with van der Waals surface area (Å²) in [5, 5.41) is 10.8. The second-order valence-electron chi connectivity index (χ2n) is 7.11. The average Bonchev–Trinajstić information content (AvgIpc) is 3.43. The first kappa shape index (κ1) is 17.3. The number of benzene rings is 2. The van der Waals surface area contributed by atoms with E-state index >= 15 is 0 Å². The molecule has 0 spiro atoms. The number of carbonyl (C=O) groups is 1. The number of ether oxygens (including phenoxy) is 1. The minimum absolute atomic E-state index is 0.193. The number of amides is 1. The Hall–Kier alpha value is -3.08. The summed E-state index contributed by atoms with van der Waals surface area (Å²) >= 11 is 0. The number of aromatic nitrogens is 2. The predicted octanol–water partition coefficient (Wildman–Crippen LogP) is 4.83. The lowest BCUT2D eigenvalue weighted by atomic mass is 10.0. The van der Waals surface area contributed by atoms with E-state index in [-0.39, 0.29) is 5.91 Å². The Labute approximate surface area is 158 Å². The molecule has 0 bridgehead atoms. The van der Waals surface area contributed by atoms with Crippen molar-refractivity contribution < 1.29 is 9.53 Å². The minimum Gasteiger partial charge on any atom is -0.496 e. The Morgan fingerprint density at radius 1 is 1.19 bits per heavy atom. The van der Waals surface area contributed by atoms with Crippen molar-refractivity contribution in [3.8, 4) is 17.0 Å². The fraction of sp³-hybridized carbons (Fsp3) is 0.273. The van der Waals surface area contributed by atoms with Gasteiger partial charge in [0.25, 0.3) is 5.91 Å². The molecule has 2 N–H and O–H groups in total. The van der Waals surface area contributed by atoms with Gasteiger partial charge in [-0.1, -0.05) is 35.9 Å². The molecule has 3 aromatic rings. The van der Waals surface area contributed by atoms with Gasteiger partial charge in [0.1, 0.15) is 11.4 Å². The van der Waals surface area contributed by atoms with Gasteiger partial charge >= 0.3 is 0 Å². The maximum Gasteiger partial charge on any atom is 0.259 e. The standard InChI is InChI=1S/C22H23N3O2/c1-13-8-11-16(14(2)12-13)20-21(19(24-25-20)15-9-10-15)23-22(26)17-6-4-5-7-18(17)27-3/h4-8,11-12,15H,9-10H2,1-3H3,(H,23,26)(H,24,25). The highest BCUT2D eigenvalue weighted by molar-refractivity contribution is 6.08. The topological polar surface area (TPSA) is 67.0 Å². The highest BCUT2D eigenvalue weighted by Gasteiger charge is 2.31. The number of methoxy groups -OCH3 is 1. The van der Waals surface area contributed by atoms with Crippen molar-refractivity contribution in [1.29, 1.82) is 0 Å². The number of aryl methyl sites for hydroxylation is 2. The first-order valence-corrected chi connectivity index (χ1v) is 9.18. The number of aromatic amines is 1. The number of carbonyl (C=O) groups excluding carboxylic acids is 1. The second kappa shape index (κ2) is 6.91. The smallest absolute Gasteiger partial charge is 0.259 e. The summed E-state index contributed by atoms with van der Waals surface area (Å²) < 4.78 is 5.34. The molecule has 0 saturated heterocycles. The van der Waals surface area contributed by atoms with Gasteiger partial charge in [-0.3, -0.25) is 9.89 Å². The Morgan fingerprint density at radius 2 is 1.96 bits per heavy atom. The lowest BCUT2D eigenvalue weighted by Gasteiger charge is -2.12. The number of nitrogens with one attached hydrogen (secondary N) is 2. The largest absolute Gasteiger partial charge is 0.496 e. The van der Waals surface area contributed by atoms with Crippen molar-refractivity contribution in [2.24, 2.45) is 0 Å². The van der Waals surface area contributed by atoms with E-state index in [1.54, 1.807) is 19.2 Å². The van der Waals surface area contributed by atoms with Crippen molar-refractivity contribution in [2.45, 2.75) is 32.6 Å². The minimum atomic E-state index is -0.193. The zero-order valence-corrected chi connectivity index (χ0v) is 15.8. The molecule has 0 radical (unpaired) electrons. The van der Waals surface area contributed by atoms with Gasteiger partial charge in [0.2, 0.25) is 0 Å². The normalized spacial score (nSPS) is 13.4. The van der Waals surface area contributed by atoms with Crippen LogP contribution in [0.5, 0.6) is 5.75 Å². The molecule has 5 heteroatoms. The van der Waals surface area contributed by atoms with Gasteiger partial charge in [-0.05, 0) is 44.4 Å². The van der Waals surface area contributed by atoms with Crippen LogP contribution in [-0.4, -0.2) is 23.2 Å². The average molecular weight is 361 g/mol. The van der Waals surface area contributed by atoms with Crippen LogP contribution in [0.2, 0.25) is 0 Å². The first-order chi connectivity index (χ1) is 13.1. The van der Waals surface area contributed by atoms with Crippen LogP contribution in [0.25, 0.3) is 11.3 Å². The molecule has 1 saturated carbocycles. The van der Waals surface area contributed by atoms with Crippen LogP contribution in [0, 0.1) is 13.8 Å². The number of hydrogen-bond donors (Lipinski definition) is 2. The van der Waals surface area contributed by atoms with Gasteiger partial charge in [0.15, 0.2) is 0 Å². The SMILES string of the molecule is COc1ccccc1C(=O)Nc1c(-c2ccc(C)cc2C)n[nH]c1C1CC1. The van der Waals surface area contributed by atoms with Crippen LogP contribution in [0.3, 0.4) is 0 Å². The molecule has 27 heavy (non-hydrogen) atoms. The van der Waals surface area contributed by atoms with E-state index in [1.165, 1.54) is 5.56 Å². The van der Waals surface area contributed by atoms with Crippen LogP contribution in [0.4, 0.5) is 5.69 Å². The molecule has 1 aliphatic rings. The van der Waals surface area contributed by atoms with E-state index in [1.807, 2.05) is 12.1 Å². The molecule has 5 nitrogen and oxygen atoms in total. The molecule has 1 aliphatic carbocycles. The van der Waals surface area contributed by atoms with Crippen molar-refractivity contribution in [1.82, 2.24) is 10.2 Å². The van der Waals surface area contributed by atoms with E-state index in [0.29, 0.717) is 17.2 Å². The van der Waals surface area contributed by atoms with Gasteiger partial charge in [-0.2, -0.15) is 5.10 Å². The number of nitrogens with zero attached hydrogens (tertiary/aromatic N) is 1. The molecule has 1 aromatic heterocycles. The molecule has 0 unspecified atom stereocenters. The maximum atomic E-state index is 13.0. The van der Waals surface area contributed by atoms with Crippen LogP contribution in [0.15, 0.2) is 42.5 Å². The summed E-state index contributed by atoms with van der Waals surface area (Å²) in [4.78, 5) is 13.0. The van der Waals surface area contributed by atoms with Crippen LogP contribution < -0.4 is 10.1 Å². The van der Waals surface area contributed by atoms with Crippen molar-refractivity contribution in [3.05, 3.63) is 64.8 Å². The van der Waals surface area contributed by atoms with E-state index in [0.717, 1.165) is 41.0 Å². The molecule has 4 rings (SSSR count). The zero-order valence-electron chi connectivity index (χ0n) is 15.8. The fourth-order valence-electron chi connectivity index (χ4n) is 3.44. The van der Waals surface area contributed by atoms with Gasteiger partial charge in [-0.25, -0.2) is 0 Å². The lowest BCUT2D eigenvalue weighted by molar-refractivity contribution is 0.102. The molecule has 1 amide bonds. The maximum absolute atomic E-state index is 13.0. The molecular formula is C22H23N3O2. The number of rotatable bonds is 5. The molecule has 0 aliphatic heterocycles. The second-order valence-corrected chi connectivity index (χ2v) is 7.11. The summed E-state index contributed by atoms with van der Waals surface area (Å²) in [5.41, 5.74) is 6.45. The summed E-state index contributed by atoms with van der Waals surface area (Å²) in [7, 11) is 1.57. The fourth-order valence-corrected chi connectivity index (χ4v) is 3.44. The van der Waals surface area contributed by atoms with E-state index in [2.05, 4.69) is 47.6 Å². The van der Waals surface area contributed by atoms with Gasteiger partial charge in [-0.15, -0.1) is 0 Å². The Morgan fingerprint density at radius 3 is 2.67 bits per heavy atom. The molecule has 2 aromatic carbocycles. The highest BCUT2D eigenvalue weighted by atomic mass is 16.5. The molecule has 1 fully saturated rings. The van der Waals surface area contributed by atoms with Crippen molar-refractivity contribution in [2.75, 3.05) is 12.4 Å². The number of hydrogen-bond acceptors (Lipinski definition) is 3. The predicted molar refractivity (Wildman–Crippen MR) is 106 cm³/mol. The van der Waals surface area contributed by atoms with Gasteiger partial charge in [0, 0.05) is 11.5 Å². The molecule has 138 valence electrons. The molecular weight excluding hydrogens is 338 g/mol. The van der Waals surface area contributed by atoms with Crippen molar-refractivity contribution in [3.63, 3.8) is 0 Å². The first-order valence-electron chi connectivity index (χ1n) is 9.18. The van der Waals surface area contributed by atoms with Gasteiger partial charge < -0.3 is 10.1 Å².